The lowest BCUT2D eigenvalue weighted by atomic mass is 10.2. The zero-order valence-electron chi connectivity index (χ0n) is 6.92. The maximum Gasteiger partial charge on any atom is 0.138 e. The minimum atomic E-state index is -0.434. The molecule has 0 aliphatic heterocycles. The van der Waals surface area contributed by atoms with E-state index in [1.165, 1.54) is 7.11 Å². The highest BCUT2D eigenvalue weighted by Gasteiger charge is 2.10. The Kier molecular flexibility index (Phi) is 3.74. The van der Waals surface area contributed by atoms with Crippen molar-refractivity contribution in [3.8, 4) is 5.75 Å². The third-order valence-electron chi connectivity index (χ3n) is 1.59. The molecule has 0 bridgehead atoms. The molecule has 2 N–H and O–H groups in total. The lowest BCUT2D eigenvalue weighted by molar-refractivity contribution is 0.415. The van der Waals surface area contributed by atoms with Gasteiger partial charge in [-0.15, -0.1) is 0 Å². The monoisotopic (exact) mass is 237 g/mol. The molecule has 0 aromatic heterocycles. The summed E-state index contributed by atoms with van der Waals surface area (Å²) in [7, 11) is 1.53. The van der Waals surface area contributed by atoms with Gasteiger partial charge in [-0.2, -0.15) is 12.6 Å². The number of hydrogen-bond acceptors (Lipinski definition) is 3. The van der Waals surface area contributed by atoms with Crippen LogP contribution in [0.15, 0.2) is 12.1 Å². The van der Waals surface area contributed by atoms with Crippen molar-refractivity contribution in [3.63, 3.8) is 0 Å². The lowest BCUT2D eigenvalue weighted by Crippen LogP contribution is -2.03. The Morgan fingerprint density at radius 1 is 1.38 bits per heavy atom. The van der Waals surface area contributed by atoms with Crippen LogP contribution in [0.2, 0.25) is 10.0 Å². The normalized spacial score (nSPS) is 12.7. The van der Waals surface area contributed by atoms with Crippen LogP contribution < -0.4 is 10.5 Å². The second-order valence-corrected chi connectivity index (χ2v) is 3.82. The van der Waals surface area contributed by atoms with Gasteiger partial charge in [0, 0.05) is 11.1 Å². The Balaban J connectivity index is 3.20. The van der Waals surface area contributed by atoms with Gasteiger partial charge in [-0.1, -0.05) is 23.2 Å². The van der Waals surface area contributed by atoms with E-state index in [0.29, 0.717) is 21.4 Å². The van der Waals surface area contributed by atoms with E-state index < -0.39 is 5.37 Å². The third kappa shape index (κ3) is 2.44. The summed E-state index contributed by atoms with van der Waals surface area (Å²) >= 11 is 15.8. The van der Waals surface area contributed by atoms with Gasteiger partial charge >= 0.3 is 0 Å². The van der Waals surface area contributed by atoms with E-state index in [4.69, 9.17) is 33.7 Å². The highest BCUT2D eigenvalue weighted by atomic mass is 35.5. The highest BCUT2D eigenvalue weighted by molar-refractivity contribution is 7.80. The summed E-state index contributed by atoms with van der Waals surface area (Å²) in [6.45, 7) is 0. The number of benzene rings is 1. The van der Waals surface area contributed by atoms with Crippen molar-refractivity contribution in [3.05, 3.63) is 27.7 Å². The van der Waals surface area contributed by atoms with E-state index in [1.807, 2.05) is 0 Å². The third-order valence-corrected chi connectivity index (χ3v) is 2.49. The van der Waals surface area contributed by atoms with Crippen molar-refractivity contribution < 1.29 is 4.74 Å². The Hall–Kier alpha value is -0.0900. The molecule has 72 valence electrons. The van der Waals surface area contributed by atoms with Crippen LogP contribution >= 0.6 is 35.8 Å². The van der Waals surface area contributed by atoms with Crippen LogP contribution in [-0.4, -0.2) is 7.11 Å². The molecule has 0 amide bonds. The number of halogens is 2. The van der Waals surface area contributed by atoms with Crippen molar-refractivity contribution in [1.82, 2.24) is 0 Å². The Morgan fingerprint density at radius 3 is 2.46 bits per heavy atom. The van der Waals surface area contributed by atoms with Crippen LogP contribution in [0.3, 0.4) is 0 Å². The first kappa shape index (κ1) is 11.0. The van der Waals surface area contributed by atoms with E-state index in [1.54, 1.807) is 12.1 Å². The molecule has 0 aliphatic carbocycles. The molecular weight excluding hydrogens is 229 g/mol. The molecule has 0 aliphatic rings. The van der Waals surface area contributed by atoms with E-state index in [9.17, 15) is 0 Å². The lowest BCUT2D eigenvalue weighted by Gasteiger charge is -2.10. The zero-order valence-corrected chi connectivity index (χ0v) is 9.33. The van der Waals surface area contributed by atoms with Crippen molar-refractivity contribution in [2.45, 2.75) is 5.37 Å². The summed E-state index contributed by atoms with van der Waals surface area (Å²) < 4.78 is 4.98. The fraction of sp³-hybridized carbons (Fsp3) is 0.250. The average Bonchev–Trinajstić information content (AvgIpc) is 2.07. The maximum absolute atomic E-state index is 5.91. The van der Waals surface area contributed by atoms with Crippen molar-refractivity contribution in [2.75, 3.05) is 7.11 Å². The van der Waals surface area contributed by atoms with Crippen molar-refractivity contribution in [1.29, 1.82) is 0 Å². The standard InChI is InChI=1S/C8H9Cl2NOS/c1-12-7-3-5(9)4(8(11)13)2-6(7)10/h2-3,8,13H,11H2,1H3. The zero-order chi connectivity index (χ0) is 10.0. The summed E-state index contributed by atoms with van der Waals surface area (Å²) in [4.78, 5) is 0. The molecule has 0 radical (unpaired) electrons. The highest BCUT2D eigenvalue weighted by Crippen LogP contribution is 2.33. The largest absolute Gasteiger partial charge is 0.495 e. The molecule has 2 nitrogen and oxygen atoms in total. The maximum atomic E-state index is 5.91. The Morgan fingerprint density at radius 2 is 2.00 bits per heavy atom. The Labute approximate surface area is 92.4 Å². The smallest absolute Gasteiger partial charge is 0.138 e. The molecule has 1 aromatic rings. The number of hydrogen-bond donors (Lipinski definition) is 2. The molecule has 1 unspecified atom stereocenters. The van der Waals surface area contributed by atoms with Crippen molar-refractivity contribution >= 4 is 35.8 Å². The van der Waals surface area contributed by atoms with E-state index in [0.717, 1.165) is 0 Å². The molecule has 5 heteroatoms. The molecule has 0 spiro atoms. The fourth-order valence-corrected chi connectivity index (χ4v) is 1.74. The summed E-state index contributed by atoms with van der Waals surface area (Å²) in [6, 6.07) is 3.27. The van der Waals surface area contributed by atoms with Crippen LogP contribution in [0, 0.1) is 0 Å². The first-order chi connectivity index (χ1) is 6.06. The summed E-state index contributed by atoms with van der Waals surface area (Å²) in [6.07, 6.45) is 0. The van der Waals surface area contributed by atoms with Crippen LogP contribution in [0.5, 0.6) is 5.75 Å². The Bertz CT molecular complexity index is 317. The minimum Gasteiger partial charge on any atom is -0.495 e. The molecule has 0 fully saturated rings. The van der Waals surface area contributed by atoms with Crippen LogP contribution in [0.25, 0.3) is 0 Å². The summed E-state index contributed by atoms with van der Waals surface area (Å²) in [5, 5.41) is 0.547. The average molecular weight is 238 g/mol. The van der Waals surface area contributed by atoms with Gasteiger partial charge in [-0.3, -0.25) is 0 Å². The number of methoxy groups -OCH3 is 1. The van der Waals surface area contributed by atoms with Gasteiger partial charge in [0.15, 0.2) is 0 Å². The molecule has 13 heavy (non-hydrogen) atoms. The van der Waals surface area contributed by atoms with Gasteiger partial charge in [-0.05, 0) is 11.6 Å². The molecule has 1 atom stereocenters. The second kappa shape index (κ2) is 4.42. The van der Waals surface area contributed by atoms with E-state index in [2.05, 4.69) is 12.6 Å². The van der Waals surface area contributed by atoms with E-state index >= 15 is 0 Å². The van der Waals surface area contributed by atoms with Crippen molar-refractivity contribution in [2.24, 2.45) is 5.73 Å². The number of rotatable bonds is 2. The number of thiol groups is 1. The first-order valence-electron chi connectivity index (χ1n) is 3.53. The van der Waals surface area contributed by atoms with Gasteiger partial charge in [0.05, 0.1) is 17.5 Å². The second-order valence-electron chi connectivity index (χ2n) is 2.45. The quantitative estimate of drug-likeness (QED) is 0.613. The fourth-order valence-electron chi connectivity index (χ4n) is 0.927. The number of ether oxygens (including phenoxy) is 1. The van der Waals surface area contributed by atoms with Gasteiger partial charge in [0.2, 0.25) is 0 Å². The van der Waals surface area contributed by atoms with Gasteiger partial charge in [-0.25, -0.2) is 0 Å². The predicted molar refractivity (Wildman–Crippen MR) is 58.9 cm³/mol. The topological polar surface area (TPSA) is 35.2 Å². The molecule has 0 heterocycles. The molecular formula is C8H9Cl2NOS. The predicted octanol–water partition coefficient (Wildman–Crippen LogP) is 2.89. The molecule has 0 saturated carbocycles. The van der Waals surface area contributed by atoms with E-state index in [-0.39, 0.29) is 0 Å². The summed E-state index contributed by atoms with van der Waals surface area (Å²) in [5.74, 6) is 0.532. The molecule has 1 rings (SSSR count). The SMILES string of the molecule is COc1cc(Cl)c(C(N)S)cc1Cl. The summed E-state index contributed by atoms with van der Waals surface area (Å²) in [5.41, 5.74) is 6.25. The first-order valence-corrected chi connectivity index (χ1v) is 4.80. The van der Waals surface area contributed by atoms with Crippen LogP contribution in [0.4, 0.5) is 0 Å². The minimum absolute atomic E-state index is 0.434. The molecule has 1 aromatic carbocycles. The van der Waals surface area contributed by atoms with Gasteiger partial charge in [0.1, 0.15) is 5.75 Å². The molecule has 0 saturated heterocycles. The van der Waals surface area contributed by atoms with Crippen LogP contribution in [0.1, 0.15) is 10.9 Å². The van der Waals surface area contributed by atoms with Gasteiger partial charge in [0.25, 0.3) is 0 Å². The van der Waals surface area contributed by atoms with Crippen LogP contribution in [-0.2, 0) is 0 Å². The van der Waals surface area contributed by atoms with Gasteiger partial charge < -0.3 is 10.5 Å². The number of nitrogens with two attached hydrogens (primary N) is 1.